The van der Waals surface area contributed by atoms with Crippen molar-refractivity contribution >= 4 is 40.7 Å². The van der Waals surface area contributed by atoms with Crippen LogP contribution in [0.2, 0.25) is 0 Å². The molecule has 2 heterocycles. The number of nitrogens with one attached hydrogen (secondary N) is 1. The quantitative estimate of drug-likeness (QED) is 0.583. The number of pyridine rings is 1. The van der Waals surface area contributed by atoms with Gasteiger partial charge in [-0.25, -0.2) is 13.6 Å². The zero-order valence-electron chi connectivity index (χ0n) is 18.0. The fraction of sp³-hybridized carbons (Fsp3) is 0.545. The molecule has 0 amide bonds. The summed E-state index contributed by atoms with van der Waals surface area (Å²) in [5.74, 6) is -1.77. The summed E-state index contributed by atoms with van der Waals surface area (Å²) >= 11 is 0. The van der Waals surface area contributed by atoms with Crippen LogP contribution >= 0.6 is 12.4 Å². The Bertz CT molecular complexity index is 1180. The van der Waals surface area contributed by atoms with Crippen LogP contribution in [-0.2, 0) is 0 Å². The SMILES string of the molecule is CNC1([C@@H]2CCN(c3c(F)c(N)c4c(=O)c(C(=O)O)cn([C@@H]5C[C@@H]5F)c4c3C)C2)CC1.Cl. The molecule has 0 radical (unpaired) electrons. The molecule has 0 bridgehead atoms. The Balaban J connectivity index is 0.00000245. The predicted molar refractivity (Wildman–Crippen MR) is 121 cm³/mol. The van der Waals surface area contributed by atoms with Gasteiger partial charge in [0.15, 0.2) is 5.82 Å². The van der Waals surface area contributed by atoms with Gasteiger partial charge in [0.2, 0.25) is 5.43 Å². The largest absolute Gasteiger partial charge is 0.477 e. The fourth-order valence-corrected chi connectivity index (χ4v) is 5.42. The van der Waals surface area contributed by atoms with Crippen LogP contribution < -0.4 is 21.4 Å². The van der Waals surface area contributed by atoms with E-state index in [1.165, 1.54) is 10.8 Å². The summed E-state index contributed by atoms with van der Waals surface area (Å²) < 4.78 is 31.0. The van der Waals surface area contributed by atoms with E-state index in [1.807, 2.05) is 11.9 Å². The Labute approximate surface area is 190 Å². The molecule has 7 nitrogen and oxygen atoms in total. The van der Waals surface area contributed by atoms with E-state index >= 15 is 4.39 Å². The van der Waals surface area contributed by atoms with Gasteiger partial charge >= 0.3 is 5.97 Å². The van der Waals surface area contributed by atoms with E-state index in [2.05, 4.69) is 5.32 Å². The second-order valence-electron chi connectivity index (χ2n) is 9.17. The summed E-state index contributed by atoms with van der Waals surface area (Å²) in [6, 6.07) is -0.581. The summed E-state index contributed by atoms with van der Waals surface area (Å²) in [5.41, 5.74) is 5.60. The lowest BCUT2D eigenvalue weighted by Crippen LogP contribution is -2.38. The second kappa shape index (κ2) is 7.59. The lowest BCUT2D eigenvalue weighted by atomic mass is 9.96. The average molecular weight is 469 g/mol. The smallest absolute Gasteiger partial charge is 0.341 e. The average Bonchev–Trinajstić information content (AvgIpc) is 3.63. The summed E-state index contributed by atoms with van der Waals surface area (Å²) in [6.45, 7) is 3.02. The number of hydrogen-bond acceptors (Lipinski definition) is 5. The number of rotatable bonds is 5. The lowest BCUT2D eigenvalue weighted by molar-refractivity contribution is 0.0694. The number of benzene rings is 1. The maximum Gasteiger partial charge on any atom is 0.341 e. The number of carbonyl (C=O) groups is 1. The third-order valence-electron chi connectivity index (χ3n) is 7.50. The number of carboxylic acid groups (broad SMARTS) is 1. The van der Waals surface area contributed by atoms with E-state index in [0.29, 0.717) is 35.8 Å². The number of aromatic carboxylic acids is 1. The molecule has 3 atom stereocenters. The molecule has 2 aromatic rings. The summed E-state index contributed by atoms with van der Waals surface area (Å²) in [6.07, 6.45) is 3.37. The summed E-state index contributed by atoms with van der Waals surface area (Å²) in [4.78, 5) is 26.4. The van der Waals surface area contributed by atoms with Crippen LogP contribution in [0.5, 0.6) is 0 Å². The van der Waals surface area contributed by atoms with Gasteiger partial charge in [0.25, 0.3) is 0 Å². The molecule has 0 unspecified atom stereocenters. The van der Waals surface area contributed by atoms with Gasteiger partial charge in [-0.05, 0) is 44.7 Å². The van der Waals surface area contributed by atoms with Gasteiger partial charge in [0.05, 0.1) is 28.3 Å². The molecular weight excluding hydrogens is 442 g/mol. The van der Waals surface area contributed by atoms with Crippen molar-refractivity contribution in [1.29, 1.82) is 0 Å². The van der Waals surface area contributed by atoms with Gasteiger partial charge in [-0.1, -0.05) is 0 Å². The molecule has 4 N–H and O–H groups in total. The van der Waals surface area contributed by atoms with Crippen molar-refractivity contribution in [2.75, 3.05) is 30.8 Å². The number of aromatic nitrogens is 1. The highest BCUT2D eigenvalue weighted by atomic mass is 35.5. The maximum absolute atomic E-state index is 15.6. The molecule has 1 aromatic heterocycles. The van der Waals surface area contributed by atoms with Gasteiger partial charge in [-0.15, -0.1) is 12.4 Å². The Morgan fingerprint density at radius 3 is 2.56 bits per heavy atom. The van der Waals surface area contributed by atoms with E-state index < -0.39 is 35.0 Å². The Morgan fingerprint density at radius 2 is 2.03 bits per heavy atom. The Hall–Kier alpha value is -2.39. The van der Waals surface area contributed by atoms with Crippen molar-refractivity contribution in [3.05, 3.63) is 33.4 Å². The Morgan fingerprint density at radius 1 is 1.38 bits per heavy atom. The highest BCUT2D eigenvalue weighted by Gasteiger charge is 2.50. The van der Waals surface area contributed by atoms with Gasteiger partial charge < -0.3 is 25.6 Å². The first-order chi connectivity index (χ1) is 14.7. The third-order valence-corrected chi connectivity index (χ3v) is 7.50. The summed E-state index contributed by atoms with van der Waals surface area (Å²) in [5, 5.41) is 12.7. The van der Waals surface area contributed by atoms with E-state index in [4.69, 9.17) is 5.73 Å². The molecule has 2 aliphatic carbocycles. The van der Waals surface area contributed by atoms with E-state index in [0.717, 1.165) is 19.3 Å². The minimum Gasteiger partial charge on any atom is -0.477 e. The van der Waals surface area contributed by atoms with Crippen LogP contribution in [-0.4, -0.2) is 47.5 Å². The molecule has 1 aromatic carbocycles. The summed E-state index contributed by atoms with van der Waals surface area (Å²) in [7, 11) is 1.96. The number of aryl methyl sites for hydroxylation is 1. The number of fused-ring (bicyclic) bond motifs is 1. The molecule has 1 aliphatic heterocycles. The van der Waals surface area contributed by atoms with Crippen LogP contribution in [0.3, 0.4) is 0 Å². The first-order valence-electron chi connectivity index (χ1n) is 10.7. The minimum absolute atomic E-state index is 0. The molecule has 5 rings (SSSR count). The van der Waals surface area contributed by atoms with Crippen molar-refractivity contribution in [3.8, 4) is 0 Å². The minimum atomic E-state index is -1.44. The number of alkyl halides is 1. The van der Waals surface area contributed by atoms with Crippen LogP contribution in [0.15, 0.2) is 11.0 Å². The number of nitrogens with zero attached hydrogens (tertiary/aromatic N) is 2. The van der Waals surface area contributed by atoms with Crippen LogP contribution in [0, 0.1) is 18.7 Å². The number of nitrogen functional groups attached to an aromatic ring is 1. The molecule has 32 heavy (non-hydrogen) atoms. The zero-order valence-corrected chi connectivity index (χ0v) is 18.8. The monoisotopic (exact) mass is 468 g/mol. The molecule has 3 fully saturated rings. The number of halogens is 3. The first-order valence-corrected chi connectivity index (χ1v) is 10.7. The van der Waals surface area contributed by atoms with Crippen molar-refractivity contribution < 1.29 is 18.7 Å². The zero-order chi connectivity index (χ0) is 22.2. The van der Waals surface area contributed by atoms with Crippen molar-refractivity contribution in [2.45, 2.75) is 50.4 Å². The Kier molecular flexibility index (Phi) is 5.40. The van der Waals surface area contributed by atoms with Crippen molar-refractivity contribution in [2.24, 2.45) is 5.92 Å². The third kappa shape index (κ3) is 3.16. The van der Waals surface area contributed by atoms with Crippen LogP contribution in [0.25, 0.3) is 10.9 Å². The maximum atomic E-state index is 15.6. The normalized spacial score (nSPS) is 25.6. The van der Waals surface area contributed by atoms with E-state index in [-0.39, 0.29) is 35.4 Å². The van der Waals surface area contributed by atoms with Crippen molar-refractivity contribution in [1.82, 2.24) is 9.88 Å². The molecule has 174 valence electrons. The number of anilines is 2. The van der Waals surface area contributed by atoms with Gasteiger partial charge in [0, 0.05) is 31.2 Å². The number of hydrogen-bond donors (Lipinski definition) is 3. The second-order valence-corrected chi connectivity index (χ2v) is 9.17. The molecule has 1 saturated heterocycles. The number of carboxylic acids is 1. The number of nitrogens with two attached hydrogens (primary N) is 1. The fourth-order valence-electron chi connectivity index (χ4n) is 5.42. The van der Waals surface area contributed by atoms with Crippen LogP contribution in [0.1, 0.15) is 47.6 Å². The van der Waals surface area contributed by atoms with E-state index in [1.54, 1.807) is 6.92 Å². The highest BCUT2D eigenvalue weighted by Crippen LogP contribution is 2.48. The molecule has 2 saturated carbocycles. The lowest BCUT2D eigenvalue weighted by Gasteiger charge is -2.27. The first kappa shape index (κ1) is 22.8. The van der Waals surface area contributed by atoms with E-state index in [9.17, 15) is 19.1 Å². The highest BCUT2D eigenvalue weighted by molar-refractivity contribution is 6.01. The molecular formula is C22H27ClF2N4O3. The topological polar surface area (TPSA) is 101 Å². The van der Waals surface area contributed by atoms with Crippen molar-refractivity contribution in [3.63, 3.8) is 0 Å². The standard InChI is InChI=1S/C22H26F2N4O3.ClH/c1-10-18-15(20(29)12(21(30)31)9-28(18)14-7-13(14)23)17(25)16(24)19(10)27-6-3-11(8-27)22(26-2)4-5-22;/h9,11,13-14,26H,3-8,25H2,1-2H3,(H,30,31);1H/t11-,13+,14-;/m1./s1. The van der Waals surface area contributed by atoms with Gasteiger partial charge in [0.1, 0.15) is 11.7 Å². The van der Waals surface area contributed by atoms with Gasteiger partial charge in [-0.3, -0.25) is 4.79 Å². The van der Waals surface area contributed by atoms with Gasteiger partial charge in [-0.2, -0.15) is 0 Å². The predicted octanol–water partition coefficient (Wildman–Crippen LogP) is 3.01. The molecule has 10 heteroatoms. The van der Waals surface area contributed by atoms with Crippen LogP contribution in [0.4, 0.5) is 20.2 Å². The molecule has 0 spiro atoms. The molecule has 3 aliphatic rings.